The van der Waals surface area contributed by atoms with Crippen LogP contribution in [-0.4, -0.2) is 0 Å². The molecule has 0 heterocycles. The Bertz CT molecular complexity index is 196. The maximum Gasteiger partial charge on any atom is -0.0383 e. The minimum Gasteiger partial charge on any atom is -0.0623 e. The normalized spacial score (nSPS) is 50.2. The second kappa shape index (κ2) is 5.10. The second-order valence-electron chi connectivity index (χ2n) is 7.06. The summed E-state index contributed by atoms with van der Waals surface area (Å²) in [6, 6.07) is 0. The molecule has 0 aliphatic heterocycles. The summed E-state index contributed by atoms with van der Waals surface area (Å²) in [7, 11) is 0. The average molecular weight is 222 g/mol. The van der Waals surface area contributed by atoms with Crippen LogP contribution in [0.2, 0.25) is 0 Å². The van der Waals surface area contributed by atoms with Gasteiger partial charge in [-0.1, -0.05) is 40.5 Å². The SMILES string of the molecule is CC1CCC([C@H]2CCC(C)C(C)C2)CC1C. The van der Waals surface area contributed by atoms with Gasteiger partial charge in [-0.15, -0.1) is 0 Å². The third-order valence-electron chi connectivity index (χ3n) is 5.94. The quantitative estimate of drug-likeness (QED) is 0.577. The average Bonchev–Trinajstić information content (AvgIpc) is 2.26. The van der Waals surface area contributed by atoms with E-state index in [1.807, 2.05) is 0 Å². The first-order chi connectivity index (χ1) is 7.58. The molecular formula is C16H30. The molecule has 0 spiro atoms. The highest BCUT2D eigenvalue weighted by Gasteiger charge is 2.33. The van der Waals surface area contributed by atoms with Gasteiger partial charge in [0.2, 0.25) is 0 Å². The van der Waals surface area contributed by atoms with Gasteiger partial charge in [-0.05, 0) is 61.2 Å². The lowest BCUT2D eigenvalue weighted by Gasteiger charge is -2.41. The van der Waals surface area contributed by atoms with E-state index in [2.05, 4.69) is 27.7 Å². The van der Waals surface area contributed by atoms with Crippen LogP contribution in [0.25, 0.3) is 0 Å². The Kier molecular flexibility index (Phi) is 3.97. The molecule has 2 saturated carbocycles. The van der Waals surface area contributed by atoms with E-state index in [1.54, 1.807) is 0 Å². The van der Waals surface area contributed by atoms with Crippen molar-refractivity contribution in [1.82, 2.24) is 0 Å². The molecule has 6 atom stereocenters. The van der Waals surface area contributed by atoms with E-state index in [-0.39, 0.29) is 0 Å². The Morgan fingerprint density at radius 2 is 0.875 bits per heavy atom. The summed E-state index contributed by atoms with van der Waals surface area (Å²) in [5.41, 5.74) is 0. The molecule has 5 unspecified atom stereocenters. The summed E-state index contributed by atoms with van der Waals surface area (Å²) >= 11 is 0. The largest absolute Gasteiger partial charge is 0.0623 e. The van der Waals surface area contributed by atoms with E-state index in [1.165, 1.54) is 38.5 Å². The summed E-state index contributed by atoms with van der Waals surface area (Å²) in [6.07, 6.45) is 9.08. The van der Waals surface area contributed by atoms with Gasteiger partial charge in [0.1, 0.15) is 0 Å². The van der Waals surface area contributed by atoms with Crippen LogP contribution in [0.5, 0.6) is 0 Å². The molecule has 0 N–H and O–H groups in total. The minimum atomic E-state index is 0.980. The van der Waals surface area contributed by atoms with Crippen molar-refractivity contribution >= 4 is 0 Å². The van der Waals surface area contributed by atoms with Crippen LogP contribution < -0.4 is 0 Å². The molecule has 0 aromatic heterocycles. The Balaban J connectivity index is 1.88. The Morgan fingerprint density at radius 3 is 1.19 bits per heavy atom. The molecule has 2 fully saturated rings. The Labute approximate surface area is 102 Å². The fraction of sp³-hybridized carbons (Fsp3) is 1.00. The lowest BCUT2D eigenvalue weighted by Crippen LogP contribution is -2.31. The summed E-state index contributed by atoms with van der Waals surface area (Å²) in [4.78, 5) is 0. The molecule has 0 amide bonds. The van der Waals surface area contributed by atoms with Gasteiger partial charge in [-0.25, -0.2) is 0 Å². The lowest BCUT2D eigenvalue weighted by molar-refractivity contribution is 0.0956. The molecule has 0 heteroatoms. The fourth-order valence-corrected chi connectivity index (χ4v) is 4.03. The van der Waals surface area contributed by atoms with Crippen molar-refractivity contribution in [2.75, 3.05) is 0 Å². The molecule has 0 saturated heterocycles. The van der Waals surface area contributed by atoms with Crippen LogP contribution >= 0.6 is 0 Å². The summed E-state index contributed by atoms with van der Waals surface area (Å²) in [6.45, 7) is 9.86. The zero-order valence-corrected chi connectivity index (χ0v) is 11.7. The molecule has 0 radical (unpaired) electrons. The van der Waals surface area contributed by atoms with Gasteiger partial charge in [0.05, 0.1) is 0 Å². The molecular weight excluding hydrogens is 192 g/mol. The van der Waals surface area contributed by atoms with Crippen LogP contribution in [0, 0.1) is 35.5 Å². The monoisotopic (exact) mass is 222 g/mol. The van der Waals surface area contributed by atoms with E-state index in [0.717, 1.165) is 35.5 Å². The lowest BCUT2D eigenvalue weighted by atomic mass is 9.64. The highest BCUT2D eigenvalue weighted by molar-refractivity contribution is 4.84. The van der Waals surface area contributed by atoms with Crippen molar-refractivity contribution in [3.8, 4) is 0 Å². The van der Waals surface area contributed by atoms with E-state index < -0.39 is 0 Å². The van der Waals surface area contributed by atoms with Gasteiger partial charge in [0.15, 0.2) is 0 Å². The van der Waals surface area contributed by atoms with Gasteiger partial charge in [-0.3, -0.25) is 0 Å². The van der Waals surface area contributed by atoms with E-state index in [0.29, 0.717) is 0 Å². The zero-order chi connectivity index (χ0) is 11.7. The van der Waals surface area contributed by atoms with E-state index in [9.17, 15) is 0 Å². The first-order valence-corrected chi connectivity index (χ1v) is 7.58. The van der Waals surface area contributed by atoms with Crippen molar-refractivity contribution in [2.45, 2.75) is 66.2 Å². The van der Waals surface area contributed by atoms with E-state index in [4.69, 9.17) is 0 Å². The van der Waals surface area contributed by atoms with E-state index >= 15 is 0 Å². The predicted octanol–water partition coefficient (Wildman–Crippen LogP) is 5.13. The third-order valence-corrected chi connectivity index (χ3v) is 5.94. The first kappa shape index (κ1) is 12.5. The molecule has 0 aromatic rings. The van der Waals surface area contributed by atoms with Gasteiger partial charge in [0.25, 0.3) is 0 Å². The van der Waals surface area contributed by atoms with Gasteiger partial charge < -0.3 is 0 Å². The number of hydrogen-bond acceptors (Lipinski definition) is 0. The van der Waals surface area contributed by atoms with Crippen molar-refractivity contribution in [3.63, 3.8) is 0 Å². The molecule has 0 aromatic carbocycles. The molecule has 2 aliphatic rings. The first-order valence-electron chi connectivity index (χ1n) is 7.58. The molecule has 94 valence electrons. The molecule has 2 rings (SSSR count). The third kappa shape index (κ3) is 2.63. The topological polar surface area (TPSA) is 0 Å². The van der Waals surface area contributed by atoms with Gasteiger partial charge >= 0.3 is 0 Å². The second-order valence-corrected chi connectivity index (χ2v) is 7.06. The zero-order valence-electron chi connectivity index (χ0n) is 11.7. The van der Waals surface area contributed by atoms with Gasteiger partial charge in [0, 0.05) is 0 Å². The van der Waals surface area contributed by atoms with Crippen LogP contribution in [-0.2, 0) is 0 Å². The Morgan fingerprint density at radius 1 is 0.500 bits per heavy atom. The minimum absolute atomic E-state index is 0.980. The maximum atomic E-state index is 2.48. The maximum absolute atomic E-state index is 2.48. The van der Waals surface area contributed by atoms with Crippen LogP contribution in [0.1, 0.15) is 66.2 Å². The Hall–Kier alpha value is 0. The van der Waals surface area contributed by atoms with Crippen molar-refractivity contribution in [3.05, 3.63) is 0 Å². The predicted molar refractivity (Wildman–Crippen MR) is 71.3 cm³/mol. The summed E-state index contributed by atoms with van der Waals surface area (Å²) in [5, 5.41) is 0. The summed E-state index contributed by atoms with van der Waals surface area (Å²) in [5.74, 6) is 6.07. The number of hydrogen-bond donors (Lipinski definition) is 0. The van der Waals surface area contributed by atoms with Crippen molar-refractivity contribution < 1.29 is 0 Å². The highest BCUT2D eigenvalue weighted by Crippen LogP contribution is 2.44. The van der Waals surface area contributed by atoms with Crippen LogP contribution in [0.15, 0.2) is 0 Å². The summed E-state index contributed by atoms with van der Waals surface area (Å²) < 4.78 is 0. The highest BCUT2D eigenvalue weighted by atomic mass is 14.4. The molecule has 0 bridgehead atoms. The fourth-order valence-electron chi connectivity index (χ4n) is 4.03. The van der Waals surface area contributed by atoms with Crippen molar-refractivity contribution in [1.29, 1.82) is 0 Å². The molecule has 0 nitrogen and oxygen atoms in total. The molecule has 16 heavy (non-hydrogen) atoms. The van der Waals surface area contributed by atoms with Crippen LogP contribution in [0.3, 0.4) is 0 Å². The van der Waals surface area contributed by atoms with Crippen LogP contribution in [0.4, 0.5) is 0 Å². The standard InChI is InChI=1S/C16H30/c1-11-5-7-15(9-13(11)3)16-8-6-12(2)14(4)10-16/h11-16H,5-10H2,1-4H3/t11?,12?,13?,14?,15-,16?/m0/s1. The van der Waals surface area contributed by atoms with Gasteiger partial charge in [-0.2, -0.15) is 0 Å². The smallest absolute Gasteiger partial charge is 0.0383 e. The number of rotatable bonds is 1. The van der Waals surface area contributed by atoms with Crippen molar-refractivity contribution in [2.24, 2.45) is 35.5 Å². The molecule has 2 aliphatic carbocycles.